The van der Waals surface area contributed by atoms with Crippen LogP contribution in [0.4, 0.5) is 0 Å². The molecular weight excluding hydrogens is 396 g/mol. The Labute approximate surface area is 190 Å². The van der Waals surface area contributed by atoms with Crippen molar-refractivity contribution in [3.05, 3.63) is 86.0 Å². The lowest BCUT2D eigenvalue weighted by atomic mass is 9.87. The molecule has 0 aromatic heterocycles. The molecule has 0 amide bonds. The first-order chi connectivity index (χ1) is 14.8. The summed E-state index contributed by atoms with van der Waals surface area (Å²) >= 11 is 0. The Hall–Kier alpha value is -1.94. The summed E-state index contributed by atoms with van der Waals surface area (Å²) in [7, 11) is -2.54. The first-order valence-electron chi connectivity index (χ1n) is 11.5. The molecule has 3 rings (SSSR count). The van der Waals surface area contributed by atoms with Crippen molar-refractivity contribution in [2.75, 3.05) is 6.61 Å². The number of ether oxygens (including phenoxy) is 1. The van der Waals surface area contributed by atoms with Crippen LogP contribution in [0.3, 0.4) is 0 Å². The number of hydrogen-bond acceptors (Lipinski definition) is 2. The fourth-order valence-corrected chi connectivity index (χ4v) is 9.73. The van der Waals surface area contributed by atoms with Crippen molar-refractivity contribution in [3.63, 3.8) is 0 Å². The zero-order chi connectivity index (χ0) is 22.5. The van der Waals surface area contributed by atoms with Crippen molar-refractivity contribution in [1.82, 2.24) is 0 Å². The predicted octanol–water partition coefficient (Wildman–Crippen LogP) is 5.73. The largest absolute Gasteiger partial charge is 0.407 e. The van der Waals surface area contributed by atoms with Gasteiger partial charge >= 0.3 is 0 Å². The van der Waals surface area contributed by atoms with Gasteiger partial charge in [-0.2, -0.15) is 0 Å². The highest BCUT2D eigenvalue weighted by Crippen LogP contribution is 2.40. The molecule has 166 valence electrons. The minimum atomic E-state index is -2.54. The fraction of sp³-hybridized carbons (Fsp3) is 0.429. The van der Waals surface area contributed by atoms with E-state index in [-0.39, 0.29) is 17.2 Å². The van der Waals surface area contributed by atoms with Gasteiger partial charge in [-0.25, -0.2) is 0 Å². The van der Waals surface area contributed by atoms with Gasteiger partial charge in [0.1, 0.15) is 0 Å². The Kier molecular flexibility index (Phi) is 7.74. The Balaban J connectivity index is 2.01. The molecule has 1 aliphatic heterocycles. The van der Waals surface area contributed by atoms with Gasteiger partial charge in [0, 0.05) is 12.5 Å². The second kappa shape index (κ2) is 10.1. The van der Waals surface area contributed by atoms with Gasteiger partial charge in [0.2, 0.25) is 0 Å². The molecule has 0 spiro atoms. The van der Waals surface area contributed by atoms with E-state index in [4.69, 9.17) is 9.16 Å². The van der Waals surface area contributed by atoms with Crippen LogP contribution in [0.15, 0.2) is 86.0 Å². The van der Waals surface area contributed by atoms with Crippen LogP contribution in [0.1, 0.15) is 40.5 Å². The van der Waals surface area contributed by atoms with E-state index < -0.39 is 8.32 Å². The van der Waals surface area contributed by atoms with E-state index in [9.17, 15) is 0 Å². The summed E-state index contributed by atoms with van der Waals surface area (Å²) in [6.07, 6.45) is 6.03. The molecule has 3 heteroatoms. The zero-order valence-corrected chi connectivity index (χ0v) is 20.6. The van der Waals surface area contributed by atoms with Gasteiger partial charge < -0.3 is 9.16 Å². The van der Waals surface area contributed by atoms with Crippen LogP contribution in [0.25, 0.3) is 0 Å². The van der Waals surface area contributed by atoms with Gasteiger partial charge in [0.15, 0.2) is 0 Å². The Morgan fingerprint density at radius 1 is 0.871 bits per heavy atom. The summed E-state index contributed by atoms with van der Waals surface area (Å²) in [6.45, 7) is 17.9. The minimum Gasteiger partial charge on any atom is -0.407 e. The van der Waals surface area contributed by atoms with Crippen molar-refractivity contribution in [2.24, 2.45) is 11.8 Å². The molecule has 1 aliphatic rings. The molecule has 1 heterocycles. The molecule has 2 nitrogen and oxygen atoms in total. The maximum Gasteiger partial charge on any atom is 0.261 e. The average molecular weight is 435 g/mol. The van der Waals surface area contributed by atoms with Crippen LogP contribution in [0, 0.1) is 11.8 Å². The highest BCUT2D eigenvalue weighted by atomic mass is 28.4. The van der Waals surface area contributed by atoms with E-state index in [1.807, 2.05) is 12.2 Å². The molecule has 0 bridgehead atoms. The first-order valence-corrected chi connectivity index (χ1v) is 13.4. The van der Waals surface area contributed by atoms with Crippen molar-refractivity contribution in [2.45, 2.75) is 57.8 Å². The second-order valence-corrected chi connectivity index (χ2v) is 14.1. The van der Waals surface area contributed by atoms with Crippen LogP contribution in [0.5, 0.6) is 0 Å². The normalized spacial score (nSPS) is 24.1. The standard InChI is InChI=1S/C28H38O2Si/c1-7-15-26-22(3)25(27(30-26)16-8-2)21-29-31(28(4,5)6,23-17-11-9-12-18-23)24-19-13-10-14-20-24/h7-14,17-20,22,25-27H,1-2,15-16,21H2,3-6H3/t22-,25+,26+,27-/m1/s1. The average Bonchev–Trinajstić information content (AvgIpc) is 3.04. The molecule has 2 aromatic carbocycles. The maximum atomic E-state index is 7.22. The van der Waals surface area contributed by atoms with Crippen LogP contribution in [0.2, 0.25) is 5.04 Å². The van der Waals surface area contributed by atoms with Gasteiger partial charge in [-0.1, -0.05) is 101 Å². The van der Waals surface area contributed by atoms with Gasteiger partial charge in [-0.3, -0.25) is 0 Å². The lowest BCUT2D eigenvalue weighted by Gasteiger charge is -2.44. The Bertz CT molecular complexity index is 801. The third-order valence-electron chi connectivity index (χ3n) is 6.80. The molecule has 0 unspecified atom stereocenters. The van der Waals surface area contributed by atoms with Gasteiger partial charge in [0.25, 0.3) is 8.32 Å². The summed E-state index contributed by atoms with van der Waals surface area (Å²) in [5.41, 5.74) is 0. The summed E-state index contributed by atoms with van der Waals surface area (Å²) in [4.78, 5) is 0. The van der Waals surface area contributed by atoms with Crippen molar-refractivity contribution in [1.29, 1.82) is 0 Å². The summed E-state index contributed by atoms with van der Waals surface area (Å²) < 4.78 is 13.6. The lowest BCUT2D eigenvalue weighted by molar-refractivity contribution is 0.0286. The van der Waals surface area contributed by atoms with Crippen molar-refractivity contribution < 1.29 is 9.16 Å². The van der Waals surface area contributed by atoms with E-state index >= 15 is 0 Å². The molecule has 0 saturated carbocycles. The molecule has 0 aliphatic carbocycles. The molecule has 0 N–H and O–H groups in total. The topological polar surface area (TPSA) is 18.5 Å². The molecule has 1 fully saturated rings. The molecular formula is C28H38O2Si. The molecule has 4 atom stereocenters. The van der Waals surface area contributed by atoms with Crippen molar-refractivity contribution in [3.8, 4) is 0 Å². The quantitative estimate of drug-likeness (QED) is 0.370. The number of hydrogen-bond donors (Lipinski definition) is 0. The summed E-state index contributed by atoms with van der Waals surface area (Å²) in [5, 5.41) is 2.62. The molecule has 0 radical (unpaired) electrons. The van der Waals surface area contributed by atoms with E-state index in [2.05, 4.69) is 102 Å². The molecule has 2 aromatic rings. The van der Waals surface area contributed by atoms with Gasteiger partial charge in [0.05, 0.1) is 12.2 Å². The van der Waals surface area contributed by atoms with E-state index in [0.29, 0.717) is 18.4 Å². The van der Waals surface area contributed by atoms with Crippen LogP contribution >= 0.6 is 0 Å². The predicted molar refractivity (Wildman–Crippen MR) is 135 cm³/mol. The van der Waals surface area contributed by atoms with Crippen molar-refractivity contribution >= 4 is 18.7 Å². The first kappa shape index (κ1) is 23.7. The summed E-state index contributed by atoms with van der Waals surface area (Å²) in [6, 6.07) is 21.7. The third kappa shape index (κ3) is 4.79. The van der Waals surface area contributed by atoms with E-state index in [0.717, 1.165) is 12.8 Å². The smallest absolute Gasteiger partial charge is 0.261 e. The summed E-state index contributed by atoms with van der Waals surface area (Å²) in [5.74, 6) is 0.755. The molecule has 31 heavy (non-hydrogen) atoms. The van der Waals surface area contributed by atoms with Crippen LogP contribution in [-0.4, -0.2) is 27.1 Å². The van der Waals surface area contributed by atoms with Gasteiger partial charge in [-0.05, 0) is 34.2 Å². The van der Waals surface area contributed by atoms with Crippen LogP contribution in [-0.2, 0) is 9.16 Å². The second-order valence-electron chi connectivity index (χ2n) is 9.76. The third-order valence-corrected chi connectivity index (χ3v) is 11.8. The maximum absolute atomic E-state index is 7.22. The zero-order valence-electron chi connectivity index (χ0n) is 19.6. The monoisotopic (exact) mass is 434 g/mol. The number of rotatable bonds is 9. The molecule has 1 saturated heterocycles. The Morgan fingerprint density at radius 3 is 1.81 bits per heavy atom. The Morgan fingerprint density at radius 2 is 1.35 bits per heavy atom. The van der Waals surface area contributed by atoms with Gasteiger partial charge in [-0.15, -0.1) is 13.2 Å². The van der Waals surface area contributed by atoms with Crippen LogP contribution < -0.4 is 10.4 Å². The fourth-order valence-electron chi connectivity index (χ4n) is 5.13. The van der Waals surface area contributed by atoms with E-state index in [1.54, 1.807) is 0 Å². The lowest BCUT2D eigenvalue weighted by Crippen LogP contribution is -2.67. The highest BCUT2D eigenvalue weighted by Gasteiger charge is 2.51. The SMILES string of the molecule is C=CC[C@@H]1O[C@H](CC=C)[C@@H](CO[Si](c2ccccc2)(c2ccccc2)C(C)(C)C)[C@H]1C. The highest BCUT2D eigenvalue weighted by molar-refractivity contribution is 6.99. The minimum absolute atomic E-state index is 0.0210. The van der Waals surface area contributed by atoms with E-state index in [1.165, 1.54) is 10.4 Å². The number of benzene rings is 2.